The molecule has 1 saturated heterocycles. The third-order valence-electron chi connectivity index (χ3n) is 3.95. The molecule has 1 N–H and O–H groups in total. The number of nitrogens with zero attached hydrogens (tertiary/aromatic N) is 1. The largest absolute Gasteiger partial charge is 0.309 e. The lowest BCUT2D eigenvalue weighted by Crippen LogP contribution is -2.61. The van der Waals surface area contributed by atoms with E-state index in [9.17, 15) is 0 Å². The molecule has 1 heterocycles. The Morgan fingerprint density at radius 3 is 2.47 bits per heavy atom. The van der Waals surface area contributed by atoms with E-state index >= 15 is 0 Å². The average Bonchev–Trinajstić information content (AvgIpc) is 2.28. The van der Waals surface area contributed by atoms with Crippen molar-refractivity contribution in [2.45, 2.75) is 77.8 Å². The molecule has 0 aromatic rings. The van der Waals surface area contributed by atoms with E-state index in [2.05, 4.69) is 37.9 Å². The summed E-state index contributed by atoms with van der Waals surface area (Å²) >= 11 is 0. The molecule has 1 aliphatic heterocycles. The lowest BCUT2D eigenvalue weighted by Gasteiger charge is -2.44. The zero-order valence-corrected chi connectivity index (χ0v) is 12.4. The van der Waals surface area contributed by atoms with Crippen LogP contribution < -0.4 is 5.32 Å². The van der Waals surface area contributed by atoms with Gasteiger partial charge >= 0.3 is 0 Å². The summed E-state index contributed by atoms with van der Waals surface area (Å²) in [6.45, 7) is 12.9. The van der Waals surface area contributed by atoms with Gasteiger partial charge in [-0.05, 0) is 33.2 Å². The van der Waals surface area contributed by atoms with Crippen LogP contribution >= 0.6 is 0 Å². The molecule has 102 valence electrons. The summed E-state index contributed by atoms with van der Waals surface area (Å²) in [4.78, 5) is 2.71. The van der Waals surface area contributed by atoms with Gasteiger partial charge in [-0.3, -0.25) is 4.90 Å². The van der Waals surface area contributed by atoms with Gasteiger partial charge in [0.05, 0.1) is 0 Å². The molecule has 1 atom stereocenters. The molecule has 1 fully saturated rings. The molecular weight excluding hydrogens is 208 g/mol. The number of hydrogen-bond donors (Lipinski definition) is 1. The van der Waals surface area contributed by atoms with Crippen molar-refractivity contribution in [3.63, 3.8) is 0 Å². The van der Waals surface area contributed by atoms with Gasteiger partial charge in [-0.15, -0.1) is 0 Å². The number of nitrogens with one attached hydrogen (secondary N) is 1. The third-order valence-corrected chi connectivity index (χ3v) is 3.95. The van der Waals surface area contributed by atoms with Crippen molar-refractivity contribution >= 4 is 0 Å². The van der Waals surface area contributed by atoms with Crippen LogP contribution in [0, 0.1) is 0 Å². The Morgan fingerprint density at radius 1 is 1.12 bits per heavy atom. The molecule has 17 heavy (non-hydrogen) atoms. The van der Waals surface area contributed by atoms with Gasteiger partial charge in [0.25, 0.3) is 0 Å². The molecule has 0 bridgehead atoms. The van der Waals surface area contributed by atoms with Gasteiger partial charge in [-0.1, -0.05) is 39.5 Å². The Hall–Kier alpha value is -0.0800. The Labute approximate surface area is 108 Å². The highest BCUT2D eigenvalue weighted by Gasteiger charge is 2.30. The molecule has 0 aromatic carbocycles. The van der Waals surface area contributed by atoms with Crippen molar-refractivity contribution in [3.05, 3.63) is 0 Å². The van der Waals surface area contributed by atoms with Crippen LogP contribution in [-0.2, 0) is 0 Å². The standard InChI is InChI=1S/C15H32N2/c1-5-7-8-9-10-11-17-13-15(3,4)16-12-14(17)6-2/h14,16H,5-13H2,1-4H3. The van der Waals surface area contributed by atoms with Crippen molar-refractivity contribution in [1.29, 1.82) is 0 Å². The van der Waals surface area contributed by atoms with Crippen molar-refractivity contribution in [1.82, 2.24) is 10.2 Å². The molecule has 0 spiro atoms. The molecule has 0 saturated carbocycles. The highest BCUT2D eigenvalue weighted by Crippen LogP contribution is 2.18. The first-order chi connectivity index (χ1) is 8.09. The Kier molecular flexibility index (Phi) is 6.50. The molecule has 2 nitrogen and oxygen atoms in total. The second-order valence-corrected chi connectivity index (χ2v) is 6.21. The summed E-state index contributed by atoms with van der Waals surface area (Å²) in [7, 11) is 0. The summed E-state index contributed by atoms with van der Waals surface area (Å²) in [5.41, 5.74) is 0.301. The number of piperazine rings is 1. The fraction of sp³-hybridized carbons (Fsp3) is 1.00. The van der Waals surface area contributed by atoms with E-state index in [1.54, 1.807) is 0 Å². The summed E-state index contributed by atoms with van der Waals surface area (Å²) < 4.78 is 0. The highest BCUT2D eigenvalue weighted by molar-refractivity contribution is 4.91. The first-order valence-electron chi connectivity index (χ1n) is 7.58. The summed E-state index contributed by atoms with van der Waals surface area (Å²) in [5, 5.41) is 3.66. The molecular formula is C15H32N2. The molecule has 0 aliphatic carbocycles. The fourth-order valence-corrected chi connectivity index (χ4v) is 2.80. The molecule has 2 heteroatoms. The number of hydrogen-bond acceptors (Lipinski definition) is 2. The van der Waals surface area contributed by atoms with E-state index < -0.39 is 0 Å². The Bertz CT molecular complexity index is 201. The molecule has 0 radical (unpaired) electrons. The maximum absolute atomic E-state index is 3.66. The molecule has 0 amide bonds. The third kappa shape index (κ3) is 5.39. The monoisotopic (exact) mass is 240 g/mol. The topological polar surface area (TPSA) is 15.3 Å². The maximum atomic E-state index is 3.66. The summed E-state index contributed by atoms with van der Waals surface area (Å²) in [6.07, 6.45) is 8.24. The maximum Gasteiger partial charge on any atom is 0.0252 e. The van der Waals surface area contributed by atoms with Crippen LogP contribution in [0.5, 0.6) is 0 Å². The van der Waals surface area contributed by atoms with Crippen LogP contribution in [-0.4, -0.2) is 36.1 Å². The van der Waals surface area contributed by atoms with Gasteiger partial charge in [0.15, 0.2) is 0 Å². The normalized spacial score (nSPS) is 25.1. The smallest absolute Gasteiger partial charge is 0.0252 e. The van der Waals surface area contributed by atoms with Gasteiger partial charge in [0, 0.05) is 24.7 Å². The minimum Gasteiger partial charge on any atom is -0.309 e. The molecule has 1 rings (SSSR count). The van der Waals surface area contributed by atoms with Gasteiger partial charge in [-0.2, -0.15) is 0 Å². The van der Waals surface area contributed by atoms with E-state index in [1.165, 1.54) is 58.2 Å². The average molecular weight is 240 g/mol. The van der Waals surface area contributed by atoms with E-state index in [0.717, 1.165) is 6.04 Å². The van der Waals surface area contributed by atoms with Gasteiger partial charge < -0.3 is 5.32 Å². The Morgan fingerprint density at radius 2 is 1.82 bits per heavy atom. The highest BCUT2D eigenvalue weighted by atomic mass is 15.2. The van der Waals surface area contributed by atoms with E-state index in [-0.39, 0.29) is 0 Å². The first-order valence-corrected chi connectivity index (χ1v) is 7.58. The quantitative estimate of drug-likeness (QED) is 0.686. The zero-order chi connectivity index (χ0) is 12.7. The van der Waals surface area contributed by atoms with Crippen molar-refractivity contribution < 1.29 is 0 Å². The number of rotatable bonds is 7. The van der Waals surface area contributed by atoms with Crippen LogP contribution in [0.25, 0.3) is 0 Å². The van der Waals surface area contributed by atoms with E-state index in [0.29, 0.717) is 5.54 Å². The SMILES string of the molecule is CCCCCCCN1CC(C)(C)NCC1CC. The van der Waals surface area contributed by atoms with Crippen LogP contribution in [0.3, 0.4) is 0 Å². The minimum absolute atomic E-state index is 0.301. The van der Waals surface area contributed by atoms with Crippen LogP contribution in [0.1, 0.15) is 66.2 Å². The molecule has 1 aliphatic rings. The predicted molar refractivity (Wildman–Crippen MR) is 76.5 cm³/mol. The minimum atomic E-state index is 0.301. The number of unbranched alkanes of at least 4 members (excludes halogenated alkanes) is 4. The van der Waals surface area contributed by atoms with Crippen molar-refractivity contribution in [2.75, 3.05) is 19.6 Å². The van der Waals surface area contributed by atoms with Crippen LogP contribution in [0.15, 0.2) is 0 Å². The van der Waals surface area contributed by atoms with Gasteiger partial charge in [-0.25, -0.2) is 0 Å². The summed E-state index contributed by atoms with van der Waals surface area (Å²) in [5.74, 6) is 0. The zero-order valence-electron chi connectivity index (χ0n) is 12.4. The second kappa shape index (κ2) is 7.38. The van der Waals surface area contributed by atoms with Crippen molar-refractivity contribution in [2.24, 2.45) is 0 Å². The lowest BCUT2D eigenvalue weighted by molar-refractivity contribution is 0.0908. The molecule has 1 unspecified atom stereocenters. The van der Waals surface area contributed by atoms with Gasteiger partial charge in [0.2, 0.25) is 0 Å². The second-order valence-electron chi connectivity index (χ2n) is 6.21. The fourth-order valence-electron chi connectivity index (χ4n) is 2.80. The van der Waals surface area contributed by atoms with Crippen LogP contribution in [0.2, 0.25) is 0 Å². The van der Waals surface area contributed by atoms with Crippen LogP contribution in [0.4, 0.5) is 0 Å². The summed E-state index contributed by atoms with van der Waals surface area (Å²) in [6, 6.07) is 0.759. The van der Waals surface area contributed by atoms with Crippen molar-refractivity contribution in [3.8, 4) is 0 Å². The first kappa shape index (κ1) is 15.0. The van der Waals surface area contributed by atoms with E-state index in [4.69, 9.17) is 0 Å². The van der Waals surface area contributed by atoms with Gasteiger partial charge in [0.1, 0.15) is 0 Å². The lowest BCUT2D eigenvalue weighted by atomic mass is 9.97. The molecule has 0 aromatic heterocycles. The van der Waals surface area contributed by atoms with E-state index in [1.807, 2.05) is 0 Å². The predicted octanol–water partition coefficient (Wildman–Crippen LogP) is 3.42. The Balaban J connectivity index is 2.27.